The lowest BCUT2D eigenvalue weighted by molar-refractivity contribution is -0.136. The molecule has 0 saturated heterocycles. The number of amides is 3. The monoisotopic (exact) mass is 463 g/mol. The fourth-order valence-electron chi connectivity index (χ4n) is 3.28. The zero-order chi connectivity index (χ0) is 24.7. The number of rotatable bonds is 8. The zero-order valence-electron chi connectivity index (χ0n) is 18.2. The highest BCUT2D eigenvalue weighted by Crippen LogP contribution is 2.24. The molecule has 3 N–H and O–H groups in total. The molecule has 0 heterocycles. The predicted molar refractivity (Wildman–Crippen MR) is 124 cm³/mol. The number of hydrogen-bond donors (Lipinski definition) is 3. The molecule has 0 bridgehead atoms. The highest BCUT2D eigenvalue weighted by atomic mass is 19.1. The van der Waals surface area contributed by atoms with E-state index in [4.69, 9.17) is 0 Å². The summed E-state index contributed by atoms with van der Waals surface area (Å²) in [6.07, 6.45) is 0. The van der Waals surface area contributed by atoms with Crippen LogP contribution >= 0.6 is 0 Å². The molecular formula is C25H22FN3O5. The zero-order valence-corrected chi connectivity index (χ0v) is 18.2. The van der Waals surface area contributed by atoms with Crippen LogP contribution in [0.3, 0.4) is 0 Å². The summed E-state index contributed by atoms with van der Waals surface area (Å²) in [5, 5.41) is 14.3. The molecule has 0 aliphatic carbocycles. The van der Waals surface area contributed by atoms with Crippen molar-refractivity contribution in [1.82, 2.24) is 5.32 Å². The molecule has 0 saturated carbocycles. The van der Waals surface area contributed by atoms with Gasteiger partial charge in [0.25, 0.3) is 0 Å². The fraction of sp³-hybridized carbons (Fsp3) is 0.120. The van der Waals surface area contributed by atoms with Gasteiger partial charge in [-0.25, -0.2) is 9.18 Å². The first-order valence-electron chi connectivity index (χ1n) is 10.3. The highest BCUT2D eigenvalue weighted by Gasteiger charge is 2.25. The van der Waals surface area contributed by atoms with Gasteiger partial charge in [0.2, 0.25) is 5.91 Å². The Kier molecular flexibility index (Phi) is 7.71. The smallest absolute Gasteiger partial charge is 0.323 e. The van der Waals surface area contributed by atoms with Gasteiger partial charge in [-0.05, 0) is 48.9 Å². The first-order chi connectivity index (χ1) is 16.3. The topological polar surface area (TPSA) is 116 Å². The third-order valence-corrected chi connectivity index (χ3v) is 4.83. The molecule has 0 fully saturated rings. The van der Waals surface area contributed by atoms with E-state index in [-0.39, 0.29) is 16.8 Å². The maximum absolute atomic E-state index is 14.2. The third-order valence-electron chi connectivity index (χ3n) is 4.83. The van der Waals surface area contributed by atoms with E-state index in [2.05, 4.69) is 10.6 Å². The molecule has 3 aromatic carbocycles. The van der Waals surface area contributed by atoms with Gasteiger partial charge in [-0.3, -0.25) is 19.3 Å². The third kappa shape index (κ3) is 6.04. The Hall–Kier alpha value is -4.53. The van der Waals surface area contributed by atoms with Gasteiger partial charge in [0, 0.05) is 11.3 Å². The second-order valence-corrected chi connectivity index (χ2v) is 7.38. The number of urea groups is 1. The number of aliphatic carboxylic acids is 1. The Morgan fingerprint density at radius 3 is 2.26 bits per heavy atom. The van der Waals surface area contributed by atoms with Crippen molar-refractivity contribution in [3.63, 3.8) is 0 Å². The van der Waals surface area contributed by atoms with E-state index >= 15 is 0 Å². The number of aryl methyl sites for hydroxylation is 1. The van der Waals surface area contributed by atoms with Crippen molar-refractivity contribution >= 4 is 35.1 Å². The van der Waals surface area contributed by atoms with Crippen LogP contribution in [-0.4, -0.2) is 41.9 Å². The number of carbonyl (C=O) groups is 4. The molecule has 0 aliphatic heterocycles. The van der Waals surface area contributed by atoms with Crippen molar-refractivity contribution in [2.45, 2.75) is 6.92 Å². The van der Waals surface area contributed by atoms with Crippen molar-refractivity contribution in [3.05, 3.63) is 95.3 Å². The number of halogens is 1. The van der Waals surface area contributed by atoms with E-state index in [1.165, 1.54) is 42.5 Å². The Balaban J connectivity index is 1.81. The second-order valence-electron chi connectivity index (χ2n) is 7.38. The van der Waals surface area contributed by atoms with Crippen LogP contribution in [0.2, 0.25) is 0 Å². The molecule has 3 rings (SSSR count). The Morgan fingerprint density at radius 2 is 1.59 bits per heavy atom. The van der Waals surface area contributed by atoms with E-state index < -0.39 is 42.6 Å². The van der Waals surface area contributed by atoms with Gasteiger partial charge >= 0.3 is 12.0 Å². The number of para-hydroxylation sites is 1. The summed E-state index contributed by atoms with van der Waals surface area (Å²) < 4.78 is 14.2. The summed E-state index contributed by atoms with van der Waals surface area (Å²) >= 11 is 0. The molecule has 3 amide bonds. The number of ketones is 1. The predicted octanol–water partition coefficient (Wildman–Crippen LogP) is 3.60. The number of nitrogens with one attached hydrogen (secondary N) is 2. The van der Waals surface area contributed by atoms with Crippen molar-refractivity contribution in [3.8, 4) is 0 Å². The normalized spacial score (nSPS) is 10.3. The number of carboxylic acids is 1. The minimum Gasteiger partial charge on any atom is -0.480 e. The van der Waals surface area contributed by atoms with Crippen LogP contribution in [-0.2, 0) is 9.59 Å². The summed E-state index contributed by atoms with van der Waals surface area (Å²) in [4.78, 5) is 50.4. The SMILES string of the molecule is Cc1cccc(NC(=O)NCC(=O)N(CC(=O)O)c2ccccc2C(=O)c2ccccc2F)c1. The van der Waals surface area contributed by atoms with Crippen molar-refractivity contribution in [2.24, 2.45) is 0 Å². The average molecular weight is 463 g/mol. The molecule has 34 heavy (non-hydrogen) atoms. The molecule has 0 atom stereocenters. The van der Waals surface area contributed by atoms with Crippen LogP contribution in [0.25, 0.3) is 0 Å². The lowest BCUT2D eigenvalue weighted by atomic mass is 10.0. The van der Waals surface area contributed by atoms with Gasteiger partial charge < -0.3 is 15.7 Å². The molecule has 0 aliphatic rings. The van der Waals surface area contributed by atoms with Crippen LogP contribution in [0.4, 0.5) is 20.6 Å². The van der Waals surface area contributed by atoms with Crippen LogP contribution in [0.1, 0.15) is 21.5 Å². The van der Waals surface area contributed by atoms with E-state index in [0.29, 0.717) is 5.69 Å². The minimum atomic E-state index is -1.33. The van der Waals surface area contributed by atoms with Crippen LogP contribution < -0.4 is 15.5 Å². The Morgan fingerprint density at radius 1 is 0.912 bits per heavy atom. The van der Waals surface area contributed by atoms with Crippen molar-refractivity contribution in [2.75, 3.05) is 23.3 Å². The second kappa shape index (κ2) is 10.9. The lowest BCUT2D eigenvalue weighted by Crippen LogP contribution is -2.44. The molecule has 9 heteroatoms. The number of anilines is 2. The Bertz CT molecular complexity index is 1240. The van der Waals surface area contributed by atoms with Crippen LogP contribution in [0.15, 0.2) is 72.8 Å². The van der Waals surface area contributed by atoms with Gasteiger partial charge in [0.05, 0.1) is 17.8 Å². The highest BCUT2D eigenvalue weighted by molar-refractivity contribution is 6.15. The van der Waals surface area contributed by atoms with E-state index in [1.807, 2.05) is 13.0 Å². The average Bonchev–Trinajstić information content (AvgIpc) is 2.81. The summed E-state index contributed by atoms with van der Waals surface area (Å²) in [7, 11) is 0. The van der Waals surface area contributed by atoms with Crippen LogP contribution in [0.5, 0.6) is 0 Å². The van der Waals surface area contributed by atoms with Gasteiger partial charge in [-0.1, -0.05) is 36.4 Å². The summed E-state index contributed by atoms with van der Waals surface area (Å²) in [5.74, 6) is -3.55. The van der Waals surface area contributed by atoms with Crippen molar-refractivity contribution in [1.29, 1.82) is 0 Å². The molecule has 174 valence electrons. The molecular weight excluding hydrogens is 441 g/mol. The summed E-state index contributed by atoms with van der Waals surface area (Å²) in [5.41, 5.74) is 1.18. The maximum Gasteiger partial charge on any atom is 0.323 e. The maximum atomic E-state index is 14.2. The van der Waals surface area contributed by atoms with Gasteiger partial charge in [0.15, 0.2) is 5.78 Å². The number of benzene rings is 3. The number of carboxylic acid groups (broad SMARTS) is 1. The molecule has 0 spiro atoms. The molecule has 0 radical (unpaired) electrons. The van der Waals surface area contributed by atoms with Gasteiger partial charge in [-0.15, -0.1) is 0 Å². The number of hydrogen-bond acceptors (Lipinski definition) is 4. The molecule has 8 nitrogen and oxygen atoms in total. The fourth-order valence-corrected chi connectivity index (χ4v) is 3.28. The quantitative estimate of drug-likeness (QED) is 0.442. The molecule has 0 unspecified atom stereocenters. The standard InChI is InChI=1S/C25H22FN3O5/c1-16-7-6-8-17(13-16)28-25(34)27-14-22(30)29(15-23(31)32)21-12-5-3-10-19(21)24(33)18-9-2-4-11-20(18)26/h2-13H,14-15H2,1H3,(H,31,32)(H2,27,28,34). The summed E-state index contributed by atoms with van der Waals surface area (Å²) in [6, 6.07) is 17.5. The largest absolute Gasteiger partial charge is 0.480 e. The van der Waals surface area contributed by atoms with E-state index in [1.54, 1.807) is 18.2 Å². The van der Waals surface area contributed by atoms with Crippen molar-refractivity contribution < 1.29 is 28.7 Å². The number of nitrogens with zero attached hydrogens (tertiary/aromatic N) is 1. The van der Waals surface area contributed by atoms with E-state index in [9.17, 15) is 28.7 Å². The minimum absolute atomic E-state index is 0.0101. The van der Waals surface area contributed by atoms with Gasteiger partial charge in [-0.2, -0.15) is 0 Å². The number of carbonyl (C=O) groups excluding carboxylic acids is 3. The molecule has 0 aromatic heterocycles. The lowest BCUT2D eigenvalue weighted by Gasteiger charge is -2.23. The first-order valence-corrected chi connectivity index (χ1v) is 10.3. The first kappa shape index (κ1) is 24.1. The summed E-state index contributed by atoms with van der Waals surface area (Å²) in [6.45, 7) is 0.561. The van der Waals surface area contributed by atoms with E-state index in [0.717, 1.165) is 16.5 Å². The van der Waals surface area contributed by atoms with Crippen LogP contribution in [0, 0.1) is 12.7 Å². The van der Waals surface area contributed by atoms with Gasteiger partial charge in [0.1, 0.15) is 12.4 Å². The Labute approximate surface area is 195 Å². The molecule has 3 aromatic rings.